The van der Waals surface area contributed by atoms with Gasteiger partial charge in [0.25, 0.3) is 5.91 Å². The van der Waals surface area contributed by atoms with Crippen molar-refractivity contribution in [3.05, 3.63) is 35.4 Å². The van der Waals surface area contributed by atoms with Crippen LogP contribution >= 0.6 is 0 Å². The van der Waals surface area contributed by atoms with Crippen LogP contribution in [0.25, 0.3) is 0 Å². The topological polar surface area (TPSA) is 79.9 Å². The Hall–Kier alpha value is -2.58. The van der Waals surface area contributed by atoms with Crippen LogP contribution in [0.3, 0.4) is 0 Å². The molecular formula is C11H9F3N4O2. The fourth-order valence-corrected chi connectivity index (χ4v) is 1.50. The molecule has 1 aromatic carbocycles. The van der Waals surface area contributed by atoms with Gasteiger partial charge in [-0.1, -0.05) is 12.1 Å². The molecular weight excluding hydrogens is 277 g/mol. The molecule has 2 N–H and O–H groups in total. The molecule has 0 unspecified atom stereocenters. The monoisotopic (exact) mass is 286 g/mol. The zero-order valence-electron chi connectivity index (χ0n) is 10.2. The van der Waals surface area contributed by atoms with Crippen molar-refractivity contribution < 1.29 is 22.7 Å². The van der Waals surface area contributed by atoms with E-state index in [0.29, 0.717) is 0 Å². The van der Waals surface area contributed by atoms with Crippen molar-refractivity contribution in [1.29, 1.82) is 0 Å². The Bertz CT molecular complexity index is 624. The van der Waals surface area contributed by atoms with Crippen LogP contribution in [0.5, 0.6) is 6.01 Å². The molecule has 9 heteroatoms. The highest BCUT2D eigenvalue weighted by Gasteiger charge is 2.34. The molecule has 106 valence electrons. The number of carbonyl (C=O) groups excluding carboxylic acids is 1. The SMILES string of the molecule is COc1n[nH]c(NC(=O)c2ccccc2C(F)(F)F)n1. The number of H-pyrrole nitrogens is 1. The summed E-state index contributed by atoms with van der Waals surface area (Å²) in [5, 5.41) is 8.05. The highest BCUT2D eigenvalue weighted by Crippen LogP contribution is 2.32. The van der Waals surface area contributed by atoms with Crippen LogP contribution in [0.15, 0.2) is 24.3 Å². The van der Waals surface area contributed by atoms with Gasteiger partial charge in [-0.05, 0) is 12.1 Å². The predicted molar refractivity (Wildman–Crippen MR) is 62.3 cm³/mol. The van der Waals surface area contributed by atoms with E-state index in [0.717, 1.165) is 12.1 Å². The molecule has 6 nitrogen and oxygen atoms in total. The van der Waals surface area contributed by atoms with E-state index in [1.54, 1.807) is 0 Å². The van der Waals surface area contributed by atoms with Gasteiger partial charge in [-0.2, -0.15) is 18.2 Å². The maximum atomic E-state index is 12.8. The number of aromatic nitrogens is 3. The van der Waals surface area contributed by atoms with Crippen LogP contribution in [0, 0.1) is 0 Å². The summed E-state index contributed by atoms with van der Waals surface area (Å²) in [7, 11) is 1.31. The number of carbonyl (C=O) groups is 1. The molecule has 0 saturated heterocycles. The Morgan fingerprint density at radius 3 is 2.65 bits per heavy atom. The number of benzene rings is 1. The maximum absolute atomic E-state index is 12.8. The van der Waals surface area contributed by atoms with Gasteiger partial charge < -0.3 is 4.74 Å². The minimum Gasteiger partial charge on any atom is -0.466 e. The molecule has 1 aromatic heterocycles. The van der Waals surface area contributed by atoms with Gasteiger partial charge >= 0.3 is 12.2 Å². The Morgan fingerprint density at radius 2 is 2.05 bits per heavy atom. The number of hydrogen-bond acceptors (Lipinski definition) is 4. The van der Waals surface area contributed by atoms with Crippen LogP contribution < -0.4 is 10.1 Å². The summed E-state index contributed by atoms with van der Waals surface area (Å²) in [5.41, 5.74) is -1.53. The molecule has 0 bridgehead atoms. The van der Waals surface area contributed by atoms with E-state index < -0.39 is 23.2 Å². The molecule has 2 aromatic rings. The van der Waals surface area contributed by atoms with E-state index >= 15 is 0 Å². The van der Waals surface area contributed by atoms with Gasteiger partial charge in [0, 0.05) is 0 Å². The first-order valence-corrected chi connectivity index (χ1v) is 5.36. The van der Waals surface area contributed by atoms with E-state index in [1.807, 2.05) is 0 Å². The van der Waals surface area contributed by atoms with Crippen molar-refractivity contribution >= 4 is 11.9 Å². The number of nitrogens with zero attached hydrogens (tertiary/aromatic N) is 2. The standard InChI is InChI=1S/C11H9F3N4O2/c1-20-10-16-9(17-18-10)15-8(19)6-4-2-3-5-7(6)11(12,13)14/h2-5H,1H3,(H2,15,16,17,18,19). The van der Waals surface area contributed by atoms with Crippen molar-refractivity contribution in [3.63, 3.8) is 0 Å². The number of halogens is 3. The number of ether oxygens (including phenoxy) is 1. The summed E-state index contributed by atoms with van der Waals surface area (Å²) in [4.78, 5) is 15.5. The molecule has 2 rings (SSSR count). The number of rotatable bonds is 3. The Kier molecular flexibility index (Phi) is 3.59. The second kappa shape index (κ2) is 5.19. The number of hydrogen-bond donors (Lipinski definition) is 2. The molecule has 0 aliphatic carbocycles. The predicted octanol–water partition coefficient (Wildman–Crippen LogP) is 2.08. The van der Waals surface area contributed by atoms with Crippen LogP contribution in [-0.4, -0.2) is 28.2 Å². The molecule has 0 fully saturated rings. The summed E-state index contributed by atoms with van der Waals surface area (Å²) in [6.07, 6.45) is -4.62. The largest absolute Gasteiger partial charge is 0.466 e. The van der Waals surface area contributed by atoms with Crippen LogP contribution in [0.4, 0.5) is 19.1 Å². The average Bonchev–Trinajstić information content (AvgIpc) is 2.85. The number of amides is 1. The van der Waals surface area contributed by atoms with Gasteiger partial charge in [-0.25, -0.2) is 5.10 Å². The highest BCUT2D eigenvalue weighted by atomic mass is 19.4. The van der Waals surface area contributed by atoms with Gasteiger partial charge in [0.1, 0.15) is 0 Å². The number of nitrogens with one attached hydrogen (secondary N) is 2. The van der Waals surface area contributed by atoms with Gasteiger partial charge in [0.2, 0.25) is 5.95 Å². The van der Waals surface area contributed by atoms with Crippen molar-refractivity contribution in [1.82, 2.24) is 15.2 Å². The lowest BCUT2D eigenvalue weighted by Gasteiger charge is -2.11. The van der Waals surface area contributed by atoms with E-state index in [2.05, 4.69) is 25.2 Å². The van der Waals surface area contributed by atoms with Crippen LogP contribution in [-0.2, 0) is 6.18 Å². The second-order valence-electron chi connectivity index (χ2n) is 3.67. The zero-order valence-corrected chi connectivity index (χ0v) is 10.2. The van der Waals surface area contributed by atoms with Crippen molar-refractivity contribution in [2.45, 2.75) is 6.18 Å². The normalized spacial score (nSPS) is 11.2. The van der Waals surface area contributed by atoms with Gasteiger partial charge in [-0.15, -0.1) is 5.10 Å². The Balaban J connectivity index is 2.25. The maximum Gasteiger partial charge on any atom is 0.417 e. The molecule has 1 amide bonds. The molecule has 0 aliphatic heterocycles. The fourth-order valence-electron chi connectivity index (χ4n) is 1.50. The number of anilines is 1. The van der Waals surface area contributed by atoms with Crippen molar-refractivity contribution in [3.8, 4) is 6.01 Å². The fraction of sp³-hybridized carbons (Fsp3) is 0.182. The first-order valence-electron chi connectivity index (χ1n) is 5.36. The van der Waals surface area contributed by atoms with Crippen LogP contribution in [0.1, 0.15) is 15.9 Å². The summed E-state index contributed by atoms with van der Waals surface area (Å²) in [6.45, 7) is 0. The summed E-state index contributed by atoms with van der Waals surface area (Å²) in [5.74, 6) is -1.06. The zero-order chi connectivity index (χ0) is 14.8. The molecule has 1 heterocycles. The highest BCUT2D eigenvalue weighted by molar-refractivity contribution is 6.04. The van der Waals surface area contributed by atoms with E-state index in [9.17, 15) is 18.0 Å². The van der Waals surface area contributed by atoms with E-state index in [1.165, 1.54) is 19.2 Å². The number of methoxy groups -OCH3 is 1. The van der Waals surface area contributed by atoms with Gasteiger partial charge in [0.15, 0.2) is 0 Å². The van der Waals surface area contributed by atoms with Crippen LogP contribution in [0.2, 0.25) is 0 Å². The Morgan fingerprint density at radius 1 is 1.35 bits per heavy atom. The molecule has 20 heavy (non-hydrogen) atoms. The lowest BCUT2D eigenvalue weighted by atomic mass is 10.1. The molecule has 0 aliphatic rings. The van der Waals surface area contributed by atoms with Gasteiger partial charge in [-0.3, -0.25) is 10.1 Å². The number of alkyl halides is 3. The third-order valence-corrected chi connectivity index (χ3v) is 2.36. The lowest BCUT2D eigenvalue weighted by Crippen LogP contribution is -2.19. The number of aromatic amines is 1. The molecule has 0 saturated carbocycles. The third-order valence-electron chi connectivity index (χ3n) is 2.36. The molecule has 0 atom stereocenters. The Labute approximate surface area is 111 Å². The lowest BCUT2D eigenvalue weighted by molar-refractivity contribution is -0.137. The second-order valence-corrected chi connectivity index (χ2v) is 3.67. The average molecular weight is 286 g/mol. The summed E-state index contributed by atoms with van der Waals surface area (Å²) in [6, 6.07) is 4.41. The minimum atomic E-state index is -4.62. The minimum absolute atomic E-state index is 0.0376. The first-order chi connectivity index (χ1) is 9.41. The van der Waals surface area contributed by atoms with E-state index in [-0.39, 0.29) is 12.0 Å². The molecule has 0 spiro atoms. The van der Waals surface area contributed by atoms with Crippen molar-refractivity contribution in [2.75, 3.05) is 12.4 Å². The van der Waals surface area contributed by atoms with Gasteiger partial charge in [0.05, 0.1) is 18.2 Å². The van der Waals surface area contributed by atoms with E-state index in [4.69, 9.17) is 0 Å². The molecule has 0 radical (unpaired) electrons. The van der Waals surface area contributed by atoms with Crippen molar-refractivity contribution in [2.24, 2.45) is 0 Å². The summed E-state index contributed by atoms with van der Waals surface area (Å²) < 4.78 is 43.0. The smallest absolute Gasteiger partial charge is 0.417 e. The first kappa shape index (κ1) is 13.8. The quantitative estimate of drug-likeness (QED) is 0.905. The third kappa shape index (κ3) is 2.87. The summed E-state index contributed by atoms with van der Waals surface area (Å²) >= 11 is 0.